The highest BCUT2D eigenvalue weighted by atomic mass is 79.9. The van der Waals surface area contributed by atoms with Gasteiger partial charge in [-0.3, -0.25) is 0 Å². The summed E-state index contributed by atoms with van der Waals surface area (Å²) in [6.07, 6.45) is 0. The van der Waals surface area contributed by atoms with Gasteiger partial charge in [0, 0.05) is 8.96 Å². The number of allylic oxidation sites excluding steroid dienone is 2. The highest BCUT2D eigenvalue weighted by Crippen LogP contribution is 2.77. The van der Waals surface area contributed by atoms with Gasteiger partial charge in [-0.1, -0.05) is 234 Å². The number of rotatable bonds is 3. The SMILES string of the molecule is BrC1=C(Br)C(Br)(C(Br)(Br)C(Br)(Br)c2cccc3ccccc23)C(Br)(Br)C(Br)(Br)C1Br. The van der Waals surface area contributed by atoms with Crippen LogP contribution in [0.3, 0.4) is 0 Å². The van der Waals surface area contributed by atoms with Crippen LogP contribution in [-0.2, 0) is 3.23 Å². The zero-order valence-electron chi connectivity index (χ0n) is 14.2. The molecule has 0 radical (unpaired) electrons. The Hall–Kier alpha value is 4.20. The maximum Gasteiger partial charge on any atom is 0.133 e. The average Bonchev–Trinajstić information content (AvgIpc) is 2.69. The van der Waals surface area contributed by atoms with Crippen LogP contribution in [0.1, 0.15) is 5.56 Å². The molecule has 30 heavy (non-hydrogen) atoms. The standard InChI is InChI=1S/C18H8Br12/c19-11-12(20)14(22,18(29,30)16(25,26)13(11)21)17(27,28)15(23,24)10-7-3-5-8-4-1-2-6-9(8)10/h1-7,13H. The maximum absolute atomic E-state index is 4.08. The third-order valence-electron chi connectivity index (χ3n) is 4.86. The lowest BCUT2D eigenvalue weighted by Gasteiger charge is -2.59. The van der Waals surface area contributed by atoms with E-state index < -0.39 is 17.3 Å². The van der Waals surface area contributed by atoms with Crippen LogP contribution in [-0.4, -0.2) is 18.9 Å². The Labute approximate surface area is 276 Å². The quantitative estimate of drug-likeness (QED) is 0.269. The predicted molar refractivity (Wildman–Crippen MR) is 174 cm³/mol. The van der Waals surface area contributed by atoms with Crippen LogP contribution in [0.15, 0.2) is 51.4 Å². The topological polar surface area (TPSA) is 0 Å². The molecular formula is C18H8Br12. The van der Waals surface area contributed by atoms with E-state index in [1.807, 2.05) is 12.1 Å². The van der Waals surface area contributed by atoms with Crippen molar-refractivity contribution in [3.05, 3.63) is 57.0 Å². The molecule has 0 heterocycles. The van der Waals surface area contributed by atoms with Crippen molar-refractivity contribution in [2.24, 2.45) is 0 Å². The largest absolute Gasteiger partial charge is 0.133 e. The van der Waals surface area contributed by atoms with Crippen LogP contribution in [0.4, 0.5) is 0 Å². The Kier molecular flexibility index (Phi) is 9.42. The minimum absolute atomic E-state index is 0.0998. The molecule has 1 aliphatic rings. The van der Waals surface area contributed by atoms with Gasteiger partial charge in [0.25, 0.3) is 0 Å². The number of alkyl halides is 10. The van der Waals surface area contributed by atoms with E-state index in [-0.39, 0.29) is 4.83 Å². The van der Waals surface area contributed by atoms with E-state index in [4.69, 9.17) is 0 Å². The highest BCUT2D eigenvalue weighted by molar-refractivity contribution is 9.32. The molecule has 164 valence electrons. The van der Waals surface area contributed by atoms with Gasteiger partial charge in [0.05, 0.1) is 4.83 Å². The summed E-state index contributed by atoms with van der Waals surface area (Å²) in [6.45, 7) is 0. The minimum atomic E-state index is -0.852. The van der Waals surface area contributed by atoms with E-state index >= 15 is 0 Å². The van der Waals surface area contributed by atoms with Crippen LogP contribution < -0.4 is 0 Å². The molecule has 12 heteroatoms. The van der Waals surface area contributed by atoms with E-state index in [9.17, 15) is 0 Å². The molecule has 0 amide bonds. The summed E-state index contributed by atoms with van der Waals surface area (Å²) in [5.74, 6) is 0. The zero-order valence-corrected chi connectivity index (χ0v) is 33.2. The molecule has 0 saturated heterocycles. The third kappa shape index (κ3) is 4.12. The molecule has 1 aliphatic carbocycles. The van der Waals surface area contributed by atoms with Crippen LogP contribution in [0, 0.1) is 0 Å². The second-order valence-corrected chi connectivity index (χ2v) is 24.2. The minimum Gasteiger partial charge on any atom is -0.0807 e. The second-order valence-electron chi connectivity index (χ2n) is 6.56. The van der Waals surface area contributed by atoms with Crippen LogP contribution >= 0.6 is 191 Å². The molecule has 0 aromatic heterocycles. The van der Waals surface area contributed by atoms with Crippen LogP contribution in [0.5, 0.6) is 0 Å². The van der Waals surface area contributed by atoms with Gasteiger partial charge in [0.2, 0.25) is 0 Å². The number of hydrogen-bond donors (Lipinski definition) is 0. The Morgan fingerprint density at radius 1 is 0.767 bits per heavy atom. The summed E-state index contributed by atoms with van der Waals surface area (Å²) in [6, 6.07) is 14.6. The monoisotopic (exact) mass is 1170 g/mol. The van der Waals surface area contributed by atoms with E-state index in [0.717, 1.165) is 25.3 Å². The fraction of sp³-hybridized carbons (Fsp3) is 0.333. The van der Waals surface area contributed by atoms with Crippen molar-refractivity contribution in [2.45, 2.75) is 22.1 Å². The second kappa shape index (κ2) is 9.82. The zero-order chi connectivity index (χ0) is 22.9. The lowest BCUT2D eigenvalue weighted by molar-refractivity contribution is 0.540. The van der Waals surface area contributed by atoms with Crippen molar-refractivity contribution in [1.29, 1.82) is 0 Å². The normalized spacial score (nSPS) is 26.9. The molecule has 0 fully saturated rings. The first-order valence-electron chi connectivity index (χ1n) is 7.95. The molecule has 0 saturated carbocycles. The summed E-state index contributed by atoms with van der Waals surface area (Å²) in [4.78, 5) is -0.0998. The van der Waals surface area contributed by atoms with Gasteiger partial charge in [-0.25, -0.2) is 0 Å². The van der Waals surface area contributed by atoms with Crippen molar-refractivity contribution in [2.75, 3.05) is 0 Å². The van der Waals surface area contributed by atoms with Crippen LogP contribution in [0.2, 0.25) is 0 Å². The molecule has 2 atom stereocenters. The molecule has 0 nitrogen and oxygen atoms in total. The Morgan fingerprint density at radius 3 is 1.90 bits per heavy atom. The van der Waals surface area contributed by atoms with E-state index in [0.29, 0.717) is 0 Å². The number of hydrogen-bond acceptors (Lipinski definition) is 0. The van der Waals surface area contributed by atoms with E-state index in [1.54, 1.807) is 0 Å². The third-order valence-corrected chi connectivity index (χ3v) is 27.7. The first kappa shape index (κ1) is 28.8. The molecule has 0 N–H and O–H groups in total. The number of benzene rings is 2. The van der Waals surface area contributed by atoms with Gasteiger partial charge in [-0.15, -0.1) is 0 Å². The first-order chi connectivity index (χ1) is 13.6. The van der Waals surface area contributed by atoms with E-state index in [2.05, 4.69) is 221 Å². The highest BCUT2D eigenvalue weighted by Gasteiger charge is 2.75. The molecular weight excluding hydrogens is 1180 g/mol. The molecule has 0 aliphatic heterocycles. The fourth-order valence-corrected chi connectivity index (χ4v) is 16.2. The summed E-state index contributed by atoms with van der Waals surface area (Å²) < 4.78 is -2.05. The Bertz CT molecular complexity index is 1020. The van der Waals surface area contributed by atoms with Gasteiger partial charge in [0.15, 0.2) is 0 Å². The molecule has 0 spiro atoms. The molecule has 2 unspecified atom stereocenters. The van der Waals surface area contributed by atoms with Crippen molar-refractivity contribution < 1.29 is 0 Å². The fourth-order valence-electron chi connectivity index (χ4n) is 3.18. The predicted octanol–water partition coefficient (Wildman–Crippen LogP) is 12.2. The van der Waals surface area contributed by atoms with Crippen molar-refractivity contribution in [3.8, 4) is 0 Å². The summed E-state index contributed by atoms with van der Waals surface area (Å²) in [5, 5.41) is 2.28. The lowest BCUT2D eigenvalue weighted by Crippen LogP contribution is -2.67. The lowest BCUT2D eigenvalue weighted by atomic mass is 9.87. The van der Waals surface area contributed by atoms with Crippen LogP contribution in [0.25, 0.3) is 10.8 Å². The van der Waals surface area contributed by atoms with Gasteiger partial charge in [-0.05, 0) is 16.3 Å². The molecule has 2 aromatic carbocycles. The van der Waals surface area contributed by atoms with Gasteiger partial charge in [-0.2, -0.15) is 0 Å². The van der Waals surface area contributed by atoms with Crippen molar-refractivity contribution >= 4 is 202 Å². The number of fused-ring (bicyclic) bond motifs is 1. The summed E-state index contributed by atoms with van der Waals surface area (Å²) in [5.41, 5.74) is 1.05. The summed E-state index contributed by atoms with van der Waals surface area (Å²) in [7, 11) is 0. The Balaban J connectivity index is 2.34. The smallest absolute Gasteiger partial charge is 0.0807 e. The van der Waals surface area contributed by atoms with Gasteiger partial charge < -0.3 is 0 Å². The number of halogens is 12. The van der Waals surface area contributed by atoms with Gasteiger partial charge >= 0.3 is 0 Å². The van der Waals surface area contributed by atoms with Gasteiger partial charge in [0.1, 0.15) is 17.3 Å². The Morgan fingerprint density at radius 2 is 1.30 bits per heavy atom. The van der Waals surface area contributed by atoms with Crippen molar-refractivity contribution in [3.63, 3.8) is 0 Å². The average molecular weight is 1180 g/mol. The molecule has 2 aromatic rings. The summed E-state index contributed by atoms with van der Waals surface area (Å²) >= 11 is 47.2. The van der Waals surface area contributed by atoms with Crippen molar-refractivity contribution in [1.82, 2.24) is 0 Å². The molecule has 0 bridgehead atoms. The maximum atomic E-state index is 4.08. The van der Waals surface area contributed by atoms with E-state index in [1.165, 1.54) is 0 Å². The first-order valence-corrected chi connectivity index (χ1v) is 17.6. The molecule has 3 rings (SSSR count).